The average Bonchev–Trinajstić information content (AvgIpc) is 2.68. The number of nitrogens with zero attached hydrogens (tertiary/aromatic N) is 1. The van der Waals surface area contributed by atoms with Crippen LogP contribution in [0, 0.1) is 0 Å². The smallest absolute Gasteiger partial charge is 0.327 e. The number of nitrogens with one attached hydrogen (secondary N) is 2. The molecule has 0 aliphatic carbocycles. The predicted octanol–water partition coefficient (Wildman–Crippen LogP) is -0.666. The van der Waals surface area contributed by atoms with Crippen molar-refractivity contribution in [2.75, 3.05) is 31.1 Å². The molecule has 1 heterocycles. The fraction of sp³-hybridized carbons (Fsp3) is 0.700. The number of carboxylic acids is 1. The molecule has 0 aromatic carbocycles. The van der Waals surface area contributed by atoms with Crippen molar-refractivity contribution < 1.29 is 19.5 Å². The molecular formula is C10H17N3O4S. The van der Waals surface area contributed by atoms with Crippen LogP contribution in [0.15, 0.2) is 0 Å². The second-order valence-electron chi connectivity index (χ2n) is 3.89. The lowest BCUT2D eigenvalue weighted by Crippen LogP contribution is -2.41. The van der Waals surface area contributed by atoms with Crippen LogP contribution in [0.25, 0.3) is 0 Å². The van der Waals surface area contributed by atoms with E-state index < -0.39 is 12.0 Å². The maximum atomic E-state index is 11.2. The molecule has 0 bridgehead atoms. The SMILES string of the molecule is CC(=O)NC(CSCCN1CCNC1=O)C(=O)O. The number of urea groups is 1. The highest BCUT2D eigenvalue weighted by Crippen LogP contribution is 2.06. The van der Waals surface area contributed by atoms with E-state index in [9.17, 15) is 14.4 Å². The summed E-state index contributed by atoms with van der Waals surface area (Å²) in [5.74, 6) is -0.459. The lowest BCUT2D eigenvalue weighted by Gasteiger charge is -2.15. The Balaban J connectivity index is 2.20. The predicted molar refractivity (Wildman–Crippen MR) is 67.5 cm³/mol. The van der Waals surface area contributed by atoms with E-state index in [0.29, 0.717) is 31.1 Å². The molecule has 0 radical (unpaired) electrons. The van der Waals surface area contributed by atoms with E-state index in [1.165, 1.54) is 18.7 Å². The standard InChI is InChI=1S/C10H17N3O4S/c1-7(14)12-8(9(15)16)6-18-5-4-13-3-2-11-10(13)17/h8H,2-6H2,1H3,(H,11,17)(H,12,14)(H,15,16). The monoisotopic (exact) mass is 275 g/mol. The minimum atomic E-state index is -1.04. The molecule has 1 aliphatic heterocycles. The first-order valence-electron chi connectivity index (χ1n) is 5.61. The van der Waals surface area contributed by atoms with Gasteiger partial charge in [0.25, 0.3) is 0 Å². The van der Waals surface area contributed by atoms with Gasteiger partial charge in [-0.2, -0.15) is 11.8 Å². The summed E-state index contributed by atoms with van der Waals surface area (Å²) in [7, 11) is 0. The van der Waals surface area contributed by atoms with Gasteiger partial charge in [0.2, 0.25) is 5.91 Å². The summed E-state index contributed by atoms with van der Waals surface area (Å²) >= 11 is 1.40. The largest absolute Gasteiger partial charge is 0.480 e. The normalized spacial score (nSPS) is 16.3. The highest BCUT2D eigenvalue weighted by Gasteiger charge is 2.20. The molecule has 7 nitrogen and oxygen atoms in total. The summed E-state index contributed by atoms with van der Waals surface area (Å²) < 4.78 is 0. The van der Waals surface area contributed by atoms with E-state index in [1.807, 2.05) is 0 Å². The molecule has 0 aromatic rings. The van der Waals surface area contributed by atoms with Gasteiger partial charge in [-0.3, -0.25) is 4.79 Å². The number of hydrogen-bond acceptors (Lipinski definition) is 4. The number of thioether (sulfide) groups is 1. The van der Waals surface area contributed by atoms with E-state index in [1.54, 1.807) is 4.90 Å². The second-order valence-corrected chi connectivity index (χ2v) is 5.04. The summed E-state index contributed by atoms with van der Waals surface area (Å²) in [6.45, 7) is 3.22. The minimum Gasteiger partial charge on any atom is -0.480 e. The first-order chi connectivity index (χ1) is 8.50. The van der Waals surface area contributed by atoms with Gasteiger partial charge in [-0.25, -0.2) is 9.59 Å². The van der Waals surface area contributed by atoms with Crippen molar-refractivity contribution in [2.24, 2.45) is 0 Å². The number of aliphatic carboxylic acids is 1. The average molecular weight is 275 g/mol. The van der Waals surface area contributed by atoms with Crippen molar-refractivity contribution in [3.63, 3.8) is 0 Å². The fourth-order valence-electron chi connectivity index (χ4n) is 1.52. The molecule has 0 saturated carbocycles. The van der Waals surface area contributed by atoms with Gasteiger partial charge >= 0.3 is 12.0 Å². The summed E-state index contributed by atoms with van der Waals surface area (Å²) in [6, 6.07) is -0.952. The molecule has 0 aromatic heterocycles. The van der Waals surface area contributed by atoms with Crippen LogP contribution in [0.1, 0.15) is 6.92 Å². The molecule has 3 amide bonds. The third-order valence-corrected chi connectivity index (χ3v) is 3.45. The Morgan fingerprint density at radius 1 is 1.61 bits per heavy atom. The zero-order chi connectivity index (χ0) is 13.5. The number of carboxylic acid groups (broad SMARTS) is 1. The van der Waals surface area contributed by atoms with Crippen molar-refractivity contribution in [2.45, 2.75) is 13.0 Å². The Bertz CT molecular complexity index is 337. The quantitative estimate of drug-likeness (QED) is 0.535. The highest BCUT2D eigenvalue weighted by atomic mass is 32.2. The van der Waals surface area contributed by atoms with Crippen LogP contribution in [0.2, 0.25) is 0 Å². The van der Waals surface area contributed by atoms with Crippen molar-refractivity contribution >= 4 is 29.7 Å². The maximum absolute atomic E-state index is 11.2. The summed E-state index contributed by atoms with van der Waals surface area (Å²) in [4.78, 5) is 34.5. The number of amides is 3. The molecule has 1 fully saturated rings. The number of rotatable bonds is 7. The maximum Gasteiger partial charge on any atom is 0.327 e. The number of hydrogen-bond donors (Lipinski definition) is 3. The van der Waals surface area contributed by atoms with Gasteiger partial charge in [-0.15, -0.1) is 0 Å². The van der Waals surface area contributed by atoms with Gasteiger partial charge in [0.1, 0.15) is 6.04 Å². The fourth-order valence-corrected chi connectivity index (χ4v) is 2.50. The van der Waals surface area contributed by atoms with E-state index in [4.69, 9.17) is 5.11 Å². The van der Waals surface area contributed by atoms with Crippen LogP contribution in [0.4, 0.5) is 4.79 Å². The van der Waals surface area contributed by atoms with Gasteiger partial charge in [0, 0.05) is 38.1 Å². The topological polar surface area (TPSA) is 98.7 Å². The van der Waals surface area contributed by atoms with E-state index >= 15 is 0 Å². The summed E-state index contributed by atoms with van der Waals surface area (Å²) in [6.07, 6.45) is 0. The van der Waals surface area contributed by atoms with E-state index in [-0.39, 0.29) is 11.9 Å². The van der Waals surface area contributed by atoms with Gasteiger partial charge in [0.05, 0.1) is 0 Å². The number of carbonyl (C=O) groups excluding carboxylic acids is 2. The van der Waals surface area contributed by atoms with E-state index in [2.05, 4.69) is 10.6 Å². The van der Waals surface area contributed by atoms with Gasteiger partial charge < -0.3 is 20.6 Å². The number of carbonyl (C=O) groups is 3. The zero-order valence-electron chi connectivity index (χ0n) is 10.1. The first-order valence-corrected chi connectivity index (χ1v) is 6.76. The van der Waals surface area contributed by atoms with Crippen molar-refractivity contribution in [3.05, 3.63) is 0 Å². The Morgan fingerprint density at radius 2 is 2.33 bits per heavy atom. The Hall–Kier alpha value is -1.44. The van der Waals surface area contributed by atoms with Crippen LogP contribution in [-0.4, -0.2) is 65.1 Å². The van der Waals surface area contributed by atoms with Crippen LogP contribution in [0.5, 0.6) is 0 Å². The molecule has 0 spiro atoms. The Morgan fingerprint density at radius 3 is 2.83 bits per heavy atom. The molecule has 18 heavy (non-hydrogen) atoms. The zero-order valence-corrected chi connectivity index (χ0v) is 11.0. The lowest BCUT2D eigenvalue weighted by atomic mass is 10.3. The molecule has 3 N–H and O–H groups in total. The molecule has 1 unspecified atom stereocenters. The lowest BCUT2D eigenvalue weighted by molar-refractivity contribution is -0.140. The van der Waals surface area contributed by atoms with Gasteiger partial charge in [0.15, 0.2) is 0 Å². The van der Waals surface area contributed by atoms with Gasteiger partial charge in [-0.1, -0.05) is 0 Å². The first kappa shape index (κ1) is 14.6. The van der Waals surface area contributed by atoms with Crippen molar-refractivity contribution in [1.29, 1.82) is 0 Å². The molecule has 1 rings (SSSR count). The summed E-state index contributed by atoms with van der Waals surface area (Å²) in [5.41, 5.74) is 0. The molecule has 8 heteroatoms. The van der Waals surface area contributed by atoms with Crippen LogP contribution < -0.4 is 10.6 Å². The molecule has 1 saturated heterocycles. The highest BCUT2D eigenvalue weighted by molar-refractivity contribution is 7.99. The Labute approximate surface area is 109 Å². The van der Waals surface area contributed by atoms with Crippen LogP contribution in [-0.2, 0) is 9.59 Å². The van der Waals surface area contributed by atoms with Crippen LogP contribution in [0.3, 0.4) is 0 Å². The molecule has 1 aliphatic rings. The molecule has 1 atom stereocenters. The Kier molecular flexibility index (Phi) is 5.76. The third kappa shape index (κ3) is 4.82. The van der Waals surface area contributed by atoms with Crippen molar-refractivity contribution in [3.8, 4) is 0 Å². The minimum absolute atomic E-state index is 0.0766. The van der Waals surface area contributed by atoms with Crippen molar-refractivity contribution in [1.82, 2.24) is 15.5 Å². The van der Waals surface area contributed by atoms with Gasteiger partial charge in [-0.05, 0) is 0 Å². The van der Waals surface area contributed by atoms with E-state index in [0.717, 1.165) is 0 Å². The second kappa shape index (κ2) is 7.10. The third-order valence-electron chi connectivity index (χ3n) is 2.41. The van der Waals surface area contributed by atoms with Crippen LogP contribution >= 0.6 is 11.8 Å². The molecular weight excluding hydrogens is 258 g/mol. The molecule has 102 valence electrons. The summed E-state index contributed by atoms with van der Waals surface area (Å²) in [5, 5.41) is 13.9.